The first kappa shape index (κ1) is 16.8. The molecule has 5 nitrogen and oxygen atoms in total. The quantitative estimate of drug-likeness (QED) is 0.651. The van der Waals surface area contributed by atoms with Crippen LogP contribution in [0.25, 0.3) is 6.08 Å². The summed E-state index contributed by atoms with van der Waals surface area (Å²) in [4.78, 5) is 2.26. The number of nitrogens with zero attached hydrogens (tertiary/aromatic N) is 1. The Morgan fingerprint density at radius 2 is 2.15 bits per heavy atom. The highest BCUT2D eigenvalue weighted by molar-refractivity contribution is 5.70. The standard InChI is InChI=1S/C21H21NO4/c1-24-7-3-6-22-12-17-8-16-9-18(15-4-2-5-19(23)10-15)13-25-20(16)11-21(17)26-14-22/h5,8-11,23H,3,6-7,12-14H2,1H3. The zero-order valence-electron chi connectivity index (χ0n) is 14.7. The number of benzene rings is 1. The SMILES string of the molecule is COCCCN1COc2cc3c(cc2C1)C=C(C1=C=C=CC(O)=C1)CO3. The number of hydrogen-bond acceptors (Lipinski definition) is 5. The third-order valence-corrected chi connectivity index (χ3v) is 4.59. The molecule has 0 aromatic heterocycles. The van der Waals surface area contributed by atoms with Crippen molar-refractivity contribution < 1.29 is 19.3 Å². The second kappa shape index (κ2) is 7.28. The van der Waals surface area contributed by atoms with E-state index < -0.39 is 0 Å². The zero-order valence-corrected chi connectivity index (χ0v) is 14.7. The summed E-state index contributed by atoms with van der Waals surface area (Å²) < 4.78 is 16.9. The van der Waals surface area contributed by atoms with Crippen molar-refractivity contribution in [3.63, 3.8) is 0 Å². The van der Waals surface area contributed by atoms with E-state index in [1.807, 2.05) is 6.07 Å². The Balaban J connectivity index is 1.58. The van der Waals surface area contributed by atoms with Crippen molar-refractivity contribution in [2.24, 2.45) is 0 Å². The molecule has 2 aliphatic heterocycles. The fourth-order valence-corrected chi connectivity index (χ4v) is 3.27. The third-order valence-electron chi connectivity index (χ3n) is 4.59. The number of hydrogen-bond donors (Lipinski definition) is 1. The van der Waals surface area contributed by atoms with Gasteiger partial charge < -0.3 is 19.3 Å². The molecule has 1 aromatic carbocycles. The molecule has 0 saturated carbocycles. The van der Waals surface area contributed by atoms with E-state index in [4.69, 9.17) is 14.2 Å². The minimum atomic E-state index is 0.177. The van der Waals surface area contributed by atoms with Crippen molar-refractivity contribution in [3.8, 4) is 11.5 Å². The average molecular weight is 351 g/mol. The molecule has 4 rings (SSSR count). The first-order valence-electron chi connectivity index (χ1n) is 8.70. The van der Waals surface area contributed by atoms with Gasteiger partial charge in [-0.05, 0) is 24.6 Å². The van der Waals surface area contributed by atoms with E-state index in [0.717, 1.165) is 59.9 Å². The first-order chi connectivity index (χ1) is 12.7. The summed E-state index contributed by atoms with van der Waals surface area (Å²) in [5.74, 6) is 1.89. The summed E-state index contributed by atoms with van der Waals surface area (Å²) in [6.07, 6.45) is 6.24. The molecule has 1 aliphatic carbocycles. The van der Waals surface area contributed by atoms with Gasteiger partial charge in [-0.3, -0.25) is 4.90 Å². The Labute approximate surface area is 152 Å². The molecule has 3 aliphatic rings. The van der Waals surface area contributed by atoms with Crippen LogP contribution in [-0.2, 0) is 11.3 Å². The number of ether oxygens (including phenoxy) is 3. The van der Waals surface area contributed by atoms with Crippen molar-refractivity contribution >= 4 is 6.08 Å². The van der Waals surface area contributed by atoms with Crippen LogP contribution in [0.15, 0.2) is 52.7 Å². The molecule has 0 fully saturated rings. The summed E-state index contributed by atoms with van der Waals surface area (Å²) >= 11 is 0. The Morgan fingerprint density at radius 3 is 3.00 bits per heavy atom. The minimum absolute atomic E-state index is 0.177. The molecular weight excluding hydrogens is 330 g/mol. The van der Waals surface area contributed by atoms with Gasteiger partial charge in [-0.25, -0.2) is 0 Å². The van der Waals surface area contributed by atoms with Gasteiger partial charge in [0.2, 0.25) is 0 Å². The van der Waals surface area contributed by atoms with Crippen molar-refractivity contribution in [1.29, 1.82) is 0 Å². The number of allylic oxidation sites excluding steroid dienone is 2. The maximum Gasteiger partial charge on any atom is 0.142 e. The topological polar surface area (TPSA) is 51.2 Å². The van der Waals surface area contributed by atoms with Gasteiger partial charge in [0, 0.05) is 61.2 Å². The zero-order chi connectivity index (χ0) is 17.9. The van der Waals surface area contributed by atoms with Crippen molar-refractivity contribution in [2.45, 2.75) is 13.0 Å². The van der Waals surface area contributed by atoms with Gasteiger partial charge in [0.15, 0.2) is 0 Å². The monoisotopic (exact) mass is 351 g/mol. The van der Waals surface area contributed by atoms with E-state index in [-0.39, 0.29) is 5.76 Å². The Bertz CT molecular complexity index is 884. The average Bonchev–Trinajstić information content (AvgIpc) is 2.66. The van der Waals surface area contributed by atoms with Crippen LogP contribution in [0.2, 0.25) is 0 Å². The summed E-state index contributed by atoms with van der Waals surface area (Å²) in [7, 11) is 1.72. The van der Waals surface area contributed by atoms with Gasteiger partial charge in [-0.2, -0.15) is 0 Å². The molecule has 134 valence electrons. The Kier molecular flexibility index (Phi) is 4.70. The molecule has 2 heterocycles. The highest BCUT2D eigenvalue weighted by Gasteiger charge is 2.22. The van der Waals surface area contributed by atoms with E-state index in [1.165, 1.54) is 6.08 Å². The summed E-state index contributed by atoms with van der Waals surface area (Å²) in [6.45, 7) is 3.57. The van der Waals surface area contributed by atoms with E-state index in [2.05, 4.69) is 28.5 Å². The lowest BCUT2D eigenvalue weighted by atomic mass is 9.98. The lowest BCUT2D eigenvalue weighted by Crippen LogP contribution is -2.33. The van der Waals surface area contributed by atoms with E-state index in [9.17, 15) is 5.11 Å². The van der Waals surface area contributed by atoms with Crippen LogP contribution >= 0.6 is 0 Å². The van der Waals surface area contributed by atoms with Crippen LogP contribution in [0.4, 0.5) is 0 Å². The van der Waals surface area contributed by atoms with Crippen LogP contribution in [0, 0.1) is 0 Å². The molecule has 0 bridgehead atoms. The summed E-state index contributed by atoms with van der Waals surface area (Å²) in [6, 6.07) is 4.10. The second-order valence-electron chi connectivity index (χ2n) is 6.52. The Morgan fingerprint density at radius 1 is 1.23 bits per heavy atom. The largest absolute Gasteiger partial charge is 0.507 e. The molecular formula is C21H21NO4. The van der Waals surface area contributed by atoms with E-state index in [0.29, 0.717) is 13.3 Å². The number of rotatable bonds is 5. The van der Waals surface area contributed by atoms with Gasteiger partial charge in [-0.15, -0.1) is 0 Å². The lowest BCUT2D eigenvalue weighted by molar-refractivity contribution is 0.0832. The molecule has 0 atom stereocenters. The maximum atomic E-state index is 9.66. The van der Waals surface area contributed by atoms with Gasteiger partial charge in [0.1, 0.15) is 30.6 Å². The van der Waals surface area contributed by atoms with Gasteiger partial charge >= 0.3 is 0 Å². The molecule has 26 heavy (non-hydrogen) atoms. The molecule has 1 aromatic rings. The summed E-state index contributed by atoms with van der Waals surface area (Å²) in [5.41, 5.74) is 9.79. The minimum Gasteiger partial charge on any atom is -0.507 e. The number of fused-ring (bicyclic) bond motifs is 2. The Hall–Kier alpha value is -2.68. The molecule has 1 N–H and O–H groups in total. The molecule has 0 spiro atoms. The van der Waals surface area contributed by atoms with Crippen LogP contribution in [0.3, 0.4) is 0 Å². The fraction of sp³-hybridized carbons (Fsp3) is 0.333. The van der Waals surface area contributed by atoms with Gasteiger partial charge in [0.25, 0.3) is 0 Å². The van der Waals surface area contributed by atoms with Crippen LogP contribution in [-0.4, -0.2) is 43.6 Å². The second-order valence-corrected chi connectivity index (χ2v) is 6.52. The molecule has 0 saturated heterocycles. The van der Waals surface area contributed by atoms with Crippen molar-refractivity contribution in [1.82, 2.24) is 4.90 Å². The van der Waals surface area contributed by atoms with Crippen molar-refractivity contribution in [3.05, 3.63) is 63.8 Å². The van der Waals surface area contributed by atoms with E-state index in [1.54, 1.807) is 13.2 Å². The summed E-state index contributed by atoms with van der Waals surface area (Å²) in [5, 5.41) is 9.66. The predicted molar refractivity (Wildman–Crippen MR) is 98.1 cm³/mol. The smallest absolute Gasteiger partial charge is 0.142 e. The molecule has 0 unspecified atom stereocenters. The van der Waals surface area contributed by atoms with Gasteiger partial charge in [-0.1, -0.05) is 11.5 Å². The molecule has 0 radical (unpaired) electrons. The number of aliphatic hydroxyl groups is 1. The van der Waals surface area contributed by atoms with Gasteiger partial charge in [0.05, 0.1) is 0 Å². The molecule has 0 amide bonds. The number of aliphatic hydroxyl groups excluding tert-OH is 1. The third kappa shape index (κ3) is 3.48. The van der Waals surface area contributed by atoms with Crippen LogP contribution < -0.4 is 9.47 Å². The van der Waals surface area contributed by atoms with E-state index >= 15 is 0 Å². The maximum absolute atomic E-state index is 9.66. The number of methoxy groups -OCH3 is 1. The highest BCUT2D eigenvalue weighted by atomic mass is 16.5. The fourth-order valence-electron chi connectivity index (χ4n) is 3.27. The first-order valence-corrected chi connectivity index (χ1v) is 8.70. The predicted octanol–water partition coefficient (Wildman–Crippen LogP) is 3.34. The highest BCUT2D eigenvalue weighted by Crippen LogP contribution is 2.37. The van der Waals surface area contributed by atoms with Crippen LogP contribution in [0.1, 0.15) is 17.5 Å². The van der Waals surface area contributed by atoms with Crippen LogP contribution in [0.5, 0.6) is 11.5 Å². The van der Waals surface area contributed by atoms with Crippen molar-refractivity contribution in [2.75, 3.05) is 33.6 Å². The lowest BCUT2D eigenvalue weighted by Gasteiger charge is -2.30. The normalized spacial score (nSPS) is 18.1. The molecule has 5 heteroatoms.